The van der Waals surface area contributed by atoms with Crippen molar-refractivity contribution in [3.63, 3.8) is 0 Å². The molecule has 1 aliphatic carbocycles. The van der Waals surface area contributed by atoms with Crippen LogP contribution in [0.4, 0.5) is 11.4 Å². The molecule has 0 saturated heterocycles. The molecule has 4 heteroatoms. The van der Waals surface area contributed by atoms with Crippen LogP contribution in [-0.2, 0) is 4.79 Å². The molecule has 3 nitrogen and oxygen atoms in total. The van der Waals surface area contributed by atoms with Crippen LogP contribution in [0.15, 0.2) is 18.2 Å². The molecular formula is C16H24N2OS. The quantitative estimate of drug-likeness (QED) is 0.619. The van der Waals surface area contributed by atoms with E-state index in [1.54, 1.807) is 0 Å². The van der Waals surface area contributed by atoms with Crippen molar-refractivity contribution < 1.29 is 4.79 Å². The second-order valence-corrected chi connectivity index (χ2v) is 6.69. The monoisotopic (exact) mass is 292 g/mol. The molecular weight excluding hydrogens is 268 g/mol. The first-order valence-electron chi connectivity index (χ1n) is 7.39. The molecule has 2 rings (SSSR count). The number of carbonyl (C=O) groups excluding carboxylic acids is 1. The molecule has 0 aliphatic heterocycles. The molecule has 1 fully saturated rings. The summed E-state index contributed by atoms with van der Waals surface area (Å²) >= 11 is 1.91. The Morgan fingerprint density at radius 3 is 2.90 bits per heavy atom. The van der Waals surface area contributed by atoms with Gasteiger partial charge in [0.25, 0.3) is 0 Å². The highest BCUT2D eigenvalue weighted by atomic mass is 32.2. The summed E-state index contributed by atoms with van der Waals surface area (Å²) < 4.78 is 0. The minimum absolute atomic E-state index is 0.0811. The number of hydrogen-bond donors (Lipinski definition) is 2. The molecule has 0 bridgehead atoms. The van der Waals surface area contributed by atoms with Gasteiger partial charge in [-0.1, -0.05) is 18.9 Å². The van der Waals surface area contributed by atoms with E-state index < -0.39 is 0 Å². The average molecular weight is 292 g/mol. The third-order valence-electron chi connectivity index (χ3n) is 3.95. The summed E-state index contributed by atoms with van der Waals surface area (Å²) in [6, 6.07) is 5.62. The van der Waals surface area contributed by atoms with Gasteiger partial charge in [-0.05, 0) is 49.1 Å². The summed E-state index contributed by atoms with van der Waals surface area (Å²) in [5.74, 6) is 3.09. The first-order valence-corrected chi connectivity index (χ1v) is 8.55. The number of nitrogen functional groups attached to an aromatic ring is 1. The second-order valence-electron chi connectivity index (χ2n) is 5.54. The highest BCUT2D eigenvalue weighted by Gasteiger charge is 2.14. The Bertz CT molecular complexity index is 456. The lowest BCUT2D eigenvalue weighted by Crippen LogP contribution is -2.14. The van der Waals surface area contributed by atoms with E-state index in [9.17, 15) is 4.79 Å². The van der Waals surface area contributed by atoms with Crippen LogP contribution in [0.3, 0.4) is 0 Å². The number of thioether (sulfide) groups is 1. The lowest BCUT2D eigenvalue weighted by molar-refractivity contribution is -0.115. The smallest absolute Gasteiger partial charge is 0.225 e. The Labute approximate surface area is 125 Å². The maximum atomic E-state index is 11.9. The van der Waals surface area contributed by atoms with Gasteiger partial charge in [0, 0.05) is 23.5 Å². The fraction of sp³-hybridized carbons (Fsp3) is 0.562. The summed E-state index contributed by atoms with van der Waals surface area (Å²) in [5, 5.41) is 2.95. The fourth-order valence-corrected chi connectivity index (χ4v) is 3.76. The van der Waals surface area contributed by atoms with E-state index in [1.807, 2.05) is 36.9 Å². The van der Waals surface area contributed by atoms with Crippen molar-refractivity contribution in [1.82, 2.24) is 0 Å². The third-order valence-corrected chi connectivity index (χ3v) is 5.15. The predicted molar refractivity (Wildman–Crippen MR) is 88.1 cm³/mol. The van der Waals surface area contributed by atoms with Crippen LogP contribution in [-0.4, -0.2) is 17.4 Å². The van der Waals surface area contributed by atoms with E-state index in [-0.39, 0.29) is 5.91 Å². The average Bonchev–Trinajstić information content (AvgIpc) is 2.93. The number of nitrogens with two attached hydrogens (primary N) is 1. The van der Waals surface area contributed by atoms with E-state index in [0.29, 0.717) is 6.42 Å². The van der Waals surface area contributed by atoms with E-state index in [2.05, 4.69) is 5.32 Å². The van der Waals surface area contributed by atoms with Crippen molar-refractivity contribution in [3.05, 3.63) is 23.8 Å². The lowest BCUT2D eigenvalue weighted by Gasteiger charge is -2.11. The zero-order chi connectivity index (χ0) is 14.4. The number of benzene rings is 1. The third kappa shape index (κ3) is 4.44. The van der Waals surface area contributed by atoms with Crippen LogP contribution in [0.2, 0.25) is 0 Å². The summed E-state index contributed by atoms with van der Waals surface area (Å²) in [6.45, 7) is 1.93. The molecule has 1 aromatic rings. The SMILES string of the molecule is Cc1c(N)cccc1NC(=O)CCSCC1CCCC1. The van der Waals surface area contributed by atoms with Gasteiger partial charge in [0.15, 0.2) is 0 Å². The van der Waals surface area contributed by atoms with Gasteiger partial charge in [0.2, 0.25) is 5.91 Å². The minimum Gasteiger partial charge on any atom is -0.398 e. The zero-order valence-electron chi connectivity index (χ0n) is 12.2. The highest BCUT2D eigenvalue weighted by Crippen LogP contribution is 2.28. The van der Waals surface area contributed by atoms with Crippen LogP contribution in [0.1, 0.15) is 37.7 Å². The molecule has 0 aromatic heterocycles. The molecule has 1 aromatic carbocycles. The topological polar surface area (TPSA) is 55.1 Å². The number of rotatable bonds is 6. The zero-order valence-corrected chi connectivity index (χ0v) is 13.0. The Morgan fingerprint density at radius 1 is 1.40 bits per heavy atom. The molecule has 3 N–H and O–H groups in total. The van der Waals surface area contributed by atoms with E-state index >= 15 is 0 Å². The molecule has 0 radical (unpaired) electrons. The molecule has 20 heavy (non-hydrogen) atoms. The molecule has 1 amide bonds. The number of amides is 1. The van der Waals surface area contributed by atoms with Gasteiger partial charge in [0.1, 0.15) is 0 Å². The van der Waals surface area contributed by atoms with E-state index in [0.717, 1.165) is 28.6 Å². The molecule has 110 valence electrons. The van der Waals surface area contributed by atoms with Gasteiger partial charge in [-0.15, -0.1) is 0 Å². The first kappa shape index (κ1) is 15.2. The predicted octanol–water partition coefficient (Wildman–Crippen LogP) is 3.83. The van der Waals surface area contributed by atoms with Crippen molar-refractivity contribution in [2.24, 2.45) is 5.92 Å². The Hall–Kier alpha value is -1.16. The van der Waals surface area contributed by atoms with Crippen molar-refractivity contribution in [1.29, 1.82) is 0 Å². The van der Waals surface area contributed by atoms with Crippen LogP contribution in [0.5, 0.6) is 0 Å². The molecule has 0 spiro atoms. The highest BCUT2D eigenvalue weighted by molar-refractivity contribution is 7.99. The van der Waals surface area contributed by atoms with Crippen LogP contribution >= 0.6 is 11.8 Å². The van der Waals surface area contributed by atoms with Gasteiger partial charge in [-0.2, -0.15) is 11.8 Å². The Morgan fingerprint density at radius 2 is 2.15 bits per heavy atom. The van der Waals surface area contributed by atoms with Gasteiger partial charge >= 0.3 is 0 Å². The minimum atomic E-state index is 0.0811. The van der Waals surface area contributed by atoms with Crippen LogP contribution in [0, 0.1) is 12.8 Å². The van der Waals surface area contributed by atoms with Crippen molar-refractivity contribution in [2.75, 3.05) is 22.6 Å². The number of carbonyl (C=O) groups is 1. The van der Waals surface area contributed by atoms with Crippen LogP contribution in [0.25, 0.3) is 0 Å². The first-order chi connectivity index (χ1) is 9.66. The van der Waals surface area contributed by atoms with Gasteiger partial charge in [-0.3, -0.25) is 4.79 Å². The second kappa shape index (κ2) is 7.58. The normalized spacial score (nSPS) is 15.4. The Kier molecular flexibility index (Phi) is 5.77. The maximum Gasteiger partial charge on any atom is 0.225 e. The van der Waals surface area contributed by atoms with Gasteiger partial charge < -0.3 is 11.1 Å². The van der Waals surface area contributed by atoms with Crippen molar-refractivity contribution >= 4 is 29.0 Å². The molecule has 0 atom stereocenters. The number of anilines is 2. The van der Waals surface area contributed by atoms with E-state index in [4.69, 9.17) is 5.73 Å². The largest absolute Gasteiger partial charge is 0.398 e. The Balaban J connectivity index is 1.68. The lowest BCUT2D eigenvalue weighted by atomic mass is 10.1. The molecule has 0 unspecified atom stereocenters. The van der Waals surface area contributed by atoms with Gasteiger partial charge in [-0.25, -0.2) is 0 Å². The van der Waals surface area contributed by atoms with Crippen LogP contribution < -0.4 is 11.1 Å². The van der Waals surface area contributed by atoms with Crippen molar-refractivity contribution in [2.45, 2.75) is 39.0 Å². The molecule has 1 aliphatic rings. The van der Waals surface area contributed by atoms with E-state index in [1.165, 1.54) is 31.4 Å². The molecule has 1 saturated carbocycles. The number of nitrogens with one attached hydrogen (secondary N) is 1. The summed E-state index contributed by atoms with van der Waals surface area (Å²) in [7, 11) is 0. The number of hydrogen-bond acceptors (Lipinski definition) is 3. The summed E-state index contributed by atoms with van der Waals surface area (Å²) in [5.41, 5.74) is 8.33. The summed E-state index contributed by atoms with van der Waals surface area (Å²) in [6.07, 6.45) is 6.11. The standard InChI is InChI=1S/C16H24N2OS/c1-12-14(17)7-4-8-15(12)18-16(19)9-10-20-11-13-5-2-3-6-13/h4,7-8,13H,2-3,5-6,9-11,17H2,1H3,(H,18,19). The van der Waals surface area contributed by atoms with Gasteiger partial charge in [0.05, 0.1) is 0 Å². The molecule has 0 heterocycles. The summed E-state index contributed by atoms with van der Waals surface area (Å²) in [4.78, 5) is 11.9. The van der Waals surface area contributed by atoms with Crippen molar-refractivity contribution in [3.8, 4) is 0 Å². The maximum absolute atomic E-state index is 11.9. The fourth-order valence-electron chi connectivity index (χ4n) is 2.59.